The molecule has 0 heterocycles. The fourth-order valence-electron chi connectivity index (χ4n) is 2.01. The Morgan fingerprint density at radius 1 is 1.14 bits per heavy atom. The van der Waals surface area contributed by atoms with Gasteiger partial charge in [0.1, 0.15) is 6.04 Å². The number of rotatable bonds is 4. The van der Waals surface area contributed by atoms with Crippen molar-refractivity contribution in [3.8, 4) is 0 Å². The first-order valence-electron chi connectivity index (χ1n) is 6.86. The first-order valence-corrected chi connectivity index (χ1v) is 7.24. The third-order valence-corrected chi connectivity index (χ3v) is 3.49. The van der Waals surface area contributed by atoms with Gasteiger partial charge in [-0.1, -0.05) is 29.8 Å². The number of carbonyl (C=O) groups excluding carboxylic acids is 1. The van der Waals surface area contributed by atoms with Crippen molar-refractivity contribution in [3.05, 3.63) is 58.6 Å². The van der Waals surface area contributed by atoms with Gasteiger partial charge in [0.15, 0.2) is 0 Å². The molecule has 2 aromatic rings. The van der Waals surface area contributed by atoms with E-state index in [-0.39, 0.29) is 11.9 Å². The number of hydrogen-bond donors (Lipinski definition) is 2. The van der Waals surface area contributed by atoms with Gasteiger partial charge in [-0.2, -0.15) is 0 Å². The summed E-state index contributed by atoms with van der Waals surface area (Å²) in [5, 5.41) is 6.69. The number of nitrogens with one attached hydrogen (secondary N) is 2. The maximum Gasteiger partial charge on any atom is 0.246 e. The van der Waals surface area contributed by atoms with Crippen molar-refractivity contribution in [2.75, 3.05) is 10.6 Å². The summed E-state index contributed by atoms with van der Waals surface area (Å²) in [6.07, 6.45) is 0. The average molecular weight is 303 g/mol. The molecule has 0 saturated carbocycles. The standard InChI is InChI=1S/C17H19ClN2O/c1-11-7-8-12(2)16(9-11)19-13(3)17(21)20-15-6-4-5-14(18)10-15/h4-10,13,19H,1-3H3,(H,20,21)/t13-/m0/s1. The summed E-state index contributed by atoms with van der Waals surface area (Å²) in [6, 6.07) is 12.9. The second-order valence-corrected chi connectivity index (χ2v) is 5.62. The molecule has 3 nitrogen and oxygen atoms in total. The van der Waals surface area contributed by atoms with Crippen molar-refractivity contribution < 1.29 is 4.79 Å². The van der Waals surface area contributed by atoms with Crippen LogP contribution in [0, 0.1) is 13.8 Å². The molecule has 0 aliphatic heterocycles. The minimum atomic E-state index is -0.343. The number of hydrogen-bond acceptors (Lipinski definition) is 2. The molecule has 2 aromatic carbocycles. The van der Waals surface area contributed by atoms with E-state index < -0.39 is 0 Å². The lowest BCUT2D eigenvalue weighted by Crippen LogP contribution is -2.32. The summed E-state index contributed by atoms with van der Waals surface area (Å²) in [5.41, 5.74) is 3.94. The highest BCUT2D eigenvalue weighted by atomic mass is 35.5. The quantitative estimate of drug-likeness (QED) is 0.879. The van der Waals surface area contributed by atoms with Crippen molar-refractivity contribution >= 4 is 28.9 Å². The molecule has 2 N–H and O–H groups in total. The van der Waals surface area contributed by atoms with Crippen molar-refractivity contribution in [1.82, 2.24) is 0 Å². The Morgan fingerprint density at radius 3 is 2.62 bits per heavy atom. The largest absolute Gasteiger partial charge is 0.374 e. The van der Waals surface area contributed by atoms with E-state index in [0.717, 1.165) is 16.8 Å². The van der Waals surface area contributed by atoms with E-state index in [0.29, 0.717) is 10.7 Å². The molecule has 4 heteroatoms. The molecular weight excluding hydrogens is 284 g/mol. The number of amides is 1. The third kappa shape index (κ3) is 4.23. The van der Waals surface area contributed by atoms with Crippen LogP contribution in [0.1, 0.15) is 18.1 Å². The Kier molecular flexibility index (Phi) is 4.86. The summed E-state index contributed by atoms with van der Waals surface area (Å²) in [7, 11) is 0. The lowest BCUT2D eigenvalue weighted by Gasteiger charge is -2.17. The Labute approximate surface area is 130 Å². The minimum absolute atomic E-state index is 0.0989. The molecule has 0 saturated heterocycles. The highest BCUT2D eigenvalue weighted by Crippen LogP contribution is 2.18. The van der Waals surface area contributed by atoms with Crippen LogP contribution in [0.3, 0.4) is 0 Å². The van der Waals surface area contributed by atoms with Crippen LogP contribution in [0.4, 0.5) is 11.4 Å². The van der Waals surface area contributed by atoms with Crippen LogP contribution in [0.25, 0.3) is 0 Å². The number of anilines is 2. The molecule has 0 aliphatic rings. The van der Waals surface area contributed by atoms with E-state index in [1.165, 1.54) is 0 Å². The first-order chi connectivity index (χ1) is 9.95. The van der Waals surface area contributed by atoms with Crippen molar-refractivity contribution in [3.63, 3.8) is 0 Å². The van der Waals surface area contributed by atoms with Crippen LogP contribution >= 0.6 is 11.6 Å². The molecule has 1 amide bonds. The minimum Gasteiger partial charge on any atom is -0.374 e. The molecule has 0 aliphatic carbocycles. The Balaban J connectivity index is 2.04. The van der Waals surface area contributed by atoms with Gasteiger partial charge in [-0.05, 0) is 56.2 Å². The molecule has 2 rings (SSSR count). The highest BCUT2D eigenvalue weighted by molar-refractivity contribution is 6.30. The molecule has 0 spiro atoms. The van der Waals surface area contributed by atoms with Crippen LogP contribution in [0.5, 0.6) is 0 Å². The van der Waals surface area contributed by atoms with Gasteiger partial charge < -0.3 is 10.6 Å². The number of benzene rings is 2. The van der Waals surface area contributed by atoms with Gasteiger partial charge in [0.2, 0.25) is 5.91 Å². The molecule has 110 valence electrons. The van der Waals surface area contributed by atoms with Gasteiger partial charge in [-0.15, -0.1) is 0 Å². The second kappa shape index (κ2) is 6.64. The topological polar surface area (TPSA) is 41.1 Å². The van der Waals surface area contributed by atoms with Gasteiger partial charge in [0.05, 0.1) is 0 Å². The molecular formula is C17H19ClN2O. The monoisotopic (exact) mass is 302 g/mol. The molecule has 0 fully saturated rings. The summed E-state index contributed by atoms with van der Waals surface area (Å²) in [5.74, 6) is -0.0989. The number of aryl methyl sites for hydroxylation is 2. The zero-order valence-corrected chi connectivity index (χ0v) is 13.2. The molecule has 1 atom stereocenters. The van der Waals surface area contributed by atoms with E-state index >= 15 is 0 Å². The Hall–Kier alpha value is -2.00. The van der Waals surface area contributed by atoms with Gasteiger partial charge >= 0.3 is 0 Å². The van der Waals surface area contributed by atoms with Crippen molar-refractivity contribution in [2.45, 2.75) is 26.8 Å². The first kappa shape index (κ1) is 15.4. The summed E-state index contributed by atoms with van der Waals surface area (Å²) in [6.45, 7) is 5.88. The van der Waals surface area contributed by atoms with Crippen LogP contribution < -0.4 is 10.6 Å². The van der Waals surface area contributed by atoms with Gasteiger partial charge in [-0.25, -0.2) is 0 Å². The van der Waals surface area contributed by atoms with E-state index in [4.69, 9.17) is 11.6 Å². The zero-order chi connectivity index (χ0) is 15.4. The maximum atomic E-state index is 12.2. The Morgan fingerprint density at radius 2 is 1.90 bits per heavy atom. The highest BCUT2D eigenvalue weighted by Gasteiger charge is 2.13. The van der Waals surface area contributed by atoms with Crippen LogP contribution in [0.15, 0.2) is 42.5 Å². The molecule has 0 unspecified atom stereocenters. The summed E-state index contributed by atoms with van der Waals surface area (Å²) in [4.78, 5) is 12.2. The van der Waals surface area contributed by atoms with Crippen LogP contribution in [-0.2, 0) is 4.79 Å². The van der Waals surface area contributed by atoms with E-state index in [2.05, 4.69) is 16.7 Å². The second-order valence-electron chi connectivity index (χ2n) is 5.18. The molecule has 0 aromatic heterocycles. The average Bonchev–Trinajstić information content (AvgIpc) is 2.43. The molecule has 0 bridgehead atoms. The van der Waals surface area contributed by atoms with Crippen LogP contribution in [0.2, 0.25) is 5.02 Å². The lowest BCUT2D eigenvalue weighted by molar-refractivity contribution is -0.116. The smallest absolute Gasteiger partial charge is 0.246 e. The fraction of sp³-hybridized carbons (Fsp3) is 0.235. The predicted molar refractivity (Wildman–Crippen MR) is 89.1 cm³/mol. The summed E-state index contributed by atoms with van der Waals surface area (Å²) < 4.78 is 0. The zero-order valence-electron chi connectivity index (χ0n) is 12.4. The van der Waals surface area contributed by atoms with Crippen molar-refractivity contribution in [1.29, 1.82) is 0 Å². The summed E-state index contributed by atoms with van der Waals surface area (Å²) >= 11 is 5.91. The van der Waals surface area contributed by atoms with Crippen molar-refractivity contribution in [2.24, 2.45) is 0 Å². The Bertz CT molecular complexity index is 655. The van der Waals surface area contributed by atoms with E-state index in [1.54, 1.807) is 18.2 Å². The predicted octanol–water partition coefficient (Wildman–Crippen LogP) is 4.40. The maximum absolute atomic E-state index is 12.2. The van der Waals surface area contributed by atoms with Gasteiger partial charge in [0.25, 0.3) is 0 Å². The number of halogens is 1. The SMILES string of the molecule is Cc1ccc(C)c(N[C@@H](C)C(=O)Nc2cccc(Cl)c2)c1. The molecule has 21 heavy (non-hydrogen) atoms. The lowest BCUT2D eigenvalue weighted by atomic mass is 10.1. The van der Waals surface area contributed by atoms with Gasteiger partial charge in [0, 0.05) is 16.4 Å². The van der Waals surface area contributed by atoms with Gasteiger partial charge in [-0.3, -0.25) is 4.79 Å². The third-order valence-electron chi connectivity index (χ3n) is 3.25. The number of carbonyl (C=O) groups is 1. The fourth-order valence-corrected chi connectivity index (χ4v) is 2.20. The van der Waals surface area contributed by atoms with E-state index in [1.807, 2.05) is 39.0 Å². The molecule has 0 radical (unpaired) electrons. The normalized spacial score (nSPS) is 11.8. The van der Waals surface area contributed by atoms with Crippen LogP contribution in [-0.4, -0.2) is 11.9 Å². The van der Waals surface area contributed by atoms with E-state index in [9.17, 15) is 4.79 Å².